The van der Waals surface area contributed by atoms with Crippen molar-refractivity contribution >= 4 is 33.3 Å². The molecule has 0 atom stereocenters. The molecule has 92 valence electrons. The first kappa shape index (κ1) is 13.2. The summed E-state index contributed by atoms with van der Waals surface area (Å²) >= 11 is 9.01. The van der Waals surface area contributed by atoms with Gasteiger partial charge in [0.1, 0.15) is 5.82 Å². The van der Waals surface area contributed by atoms with Gasteiger partial charge in [-0.2, -0.15) is 0 Å². The smallest absolute Gasteiger partial charge is 0.168 e. The van der Waals surface area contributed by atoms with Gasteiger partial charge in [0, 0.05) is 33.9 Å². The number of benzene rings is 1. The van der Waals surface area contributed by atoms with Crippen LogP contribution in [0.25, 0.3) is 0 Å². The first-order valence-electron chi connectivity index (χ1n) is 5.14. The van der Waals surface area contributed by atoms with Crippen LogP contribution in [0.15, 0.2) is 41.1 Å². The van der Waals surface area contributed by atoms with Crippen molar-refractivity contribution in [3.05, 3.63) is 63.1 Å². The van der Waals surface area contributed by atoms with E-state index in [1.807, 2.05) is 0 Å². The minimum Gasteiger partial charge on any atom is -0.294 e. The minimum absolute atomic E-state index is 0.0372. The SMILES string of the molecule is O=C(Cc1cc(Cl)ccc1F)c1cncc(Br)c1. The molecule has 0 bridgehead atoms. The molecule has 0 radical (unpaired) electrons. The Bertz CT molecular complexity index is 603. The predicted molar refractivity (Wildman–Crippen MR) is 71.4 cm³/mol. The van der Waals surface area contributed by atoms with E-state index in [4.69, 9.17) is 11.6 Å². The first-order valence-corrected chi connectivity index (χ1v) is 6.31. The molecule has 0 spiro atoms. The summed E-state index contributed by atoms with van der Waals surface area (Å²) in [5, 5.41) is 0.409. The Kier molecular flexibility index (Phi) is 4.09. The zero-order valence-electron chi connectivity index (χ0n) is 9.16. The molecule has 0 saturated heterocycles. The van der Waals surface area contributed by atoms with Gasteiger partial charge in [-0.15, -0.1) is 0 Å². The Balaban J connectivity index is 2.24. The molecule has 0 aliphatic rings. The number of Topliss-reactive ketones (excluding diaryl/α,β-unsaturated/α-hetero) is 1. The fourth-order valence-electron chi connectivity index (χ4n) is 1.52. The summed E-state index contributed by atoms with van der Waals surface area (Å²) in [5.41, 5.74) is 0.719. The van der Waals surface area contributed by atoms with E-state index in [9.17, 15) is 9.18 Å². The van der Waals surface area contributed by atoms with E-state index in [-0.39, 0.29) is 17.8 Å². The molecule has 18 heavy (non-hydrogen) atoms. The van der Waals surface area contributed by atoms with Crippen LogP contribution in [0.3, 0.4) is 0 Å². The summed E-state index contributed by atoms with van der Waals surface area (Å²) < 4.78 is 14.2. The molecule has 0 N–H and O–H groups in total. The number of aromatic nitrogens is 1. The third-order valence-electron chi connectivity index (χ3n) is 2.39. The second kappa shape index (κ2) is 5.59. The number of halogens is 3. The molecule has 2 aromatic rings. The number of hydrogen-bond donors (Lipinski definition) is 0. The van der Waals surface area contributed by atoms with Crippen molar-refractivity contribution in [3.63, 3.8) is 0 Å². The normalized spacial score (nSPS) is 10.4. The summed E-state index contributed by atoms with van der Waals surface area (Å²) in [7, 11) is 0. The Hall–Kier alpha value is -1.26. The van der Waals surface area contributed by atoms with Gasteiger partial charge < -0.3 is 0 Å². The van der Waals surface area contributed by atoms with Crippen molar-refractivity contribution in [2.24, 2.45) is 0 Å². The number of ketones is 1. The van der Waals surface area contributed by atoms with E-state index >= 15 is 0 Å². The maximum absolute atomic E-state index is 13.5. The highest BCUT2D eigenvalue weighted by atomic mass is 79.9. The van der Waals surface area contributed by atoms with Gasteiger partial charge in [0.25, 0.3) is 0 Å². The standard InChI is InChI=1S/C13H8BrClFNO/c14-10-3-9(6-17-7-10)13(18)5-8-4-11(15)1-2-12(8)16/h1-4,6-7H,5H2. The van der Waals surface area contributed by atoms with Crippen LogP contribution in [0, 0.1) is 5.82 Å². The zero-order chi connectivity index (χ0) is 13.1. The summed E-state index contributed by atoms with van der Waals surface area (Å²) in [4.78, 5) is 15.9. The quantitative estimate of drug-likeness (QED) is 0.795. The second-order valence-electron chi connectivity index (χ2n) is 3.73. The van der Waals surface area contributed by atoms with Crippen LogP contribution in [0.1, 0.15) is 15.9 Å². The van der Waals surface area contributed by atoms with Gasteiger partial charge >= 0.3 is 0 Å². The maximum atomic E-state index is 13.5. The second-order valence-corrected chi connectivity index (χ2v) is 5.08. The number of nitrogens with zero attached hydrogens (tertiary/aromatic N) is 1. The van der Waals surface area contributed by atoms with Crippen LogP contribution in [0.5, 0.6) is 0 Å². The molecule has 1 aromatic carbocycles. The number of rotatable bonds is 3. The average molecular weight is 329 g/mol. The van der Waals surface area contributed by atoms with Crippen LogP contribution >= 0.6 is 27.5 Å². The molecular weight excluding hydrogens is 321 g/mol. The summed E-state index contributed by atoms with van der Waals surface area (Å²) in [5.74, 6) is -0.638. The Morgan fingerprint density at radius 1 is 1.33 bits per heavy atom. The lowest BCUT2D eigenvalue weighted by Crippen LogP contribution is -2.05. The van der Waals surface area contributed by atoms with E-state index in [1.54, 1.807) is 12.3 Å². The van der Waals surface area contributed by atoms with E-state index in [2.05, 4.69) is 20.9 Å². The van der Waals surface area contributed by atoms with Crippen molar-refractivity contribution in [3.8, 4) is 0 Å². The van der Waals surface area contributed by atoms with Gasteiger partial charge in [-0.3, -0.25) is 9.78 Å². The van der Waals surface area contributed by atoms with Crippen molar-refractivity contribution in [1.29, 1.82) is 0 Å². The molecule has 1 heterocycles. The molecule has 0 amide bonds. The van der Waals surface area contributed by atoms with Crippen molar-refractivity contribution in [2.45, 2.75) is 6.42 Å². The third-order valence-corrected chi connectivity index (χ3v) is 3.05. The zero-order valence-corrected chi connectivity index (χ0v) is 11.5. The van der Waals surface area contributed by atoms with Crippen LogP contribution in [-0.4, -0.2) is 10.8 Å². The van der Waals surface area contributed by atoms with Gasteiger partial charge in [0.2, 0.25) is 0 Å². The molecule has 2 nitrogen and oxygen atoms in total. The average Bonchev–Trinajstić information content (AvgIpc) is 2.34. The highest BCUT2D eigenvalue weighted by molar-refractivity contribution is 9.10. The van der Waals surface area contributed by atoms with Crippen molar-refractivity contribution in [1.82, 2.24) is 4.98 Å². The summed E-state index contributed by atoms with van der Waals surface area (Å²) in [6, 6.07) is 5.81. The van der Waals surface area contributed by atoms with Crippen molar-refractivity contribution < 1.29 is 9.18 Å². The predicted octanol–water partition coefficient (Wildman–Crippen LogP) is 4.06. The van der Waals surface area contributed by atoms with Gasteiger partial charge in [-0.25, -0.2) is 4.39 Å². The van der Waals surface area contributed by atoms with E-state index in [1.165, 1.54) is 24.4 Å². The lowest BCUT2D eigenvalue weighted by molar-refractivity contribution is 0.0991. The third kappa shape index (κ3) is 3.15. The van der Waals surface area contributed by atoms with Crippen LogP contribution in [-0.2, 0) is 6.42 Å². The highest BCUT2D eigenvalue weighted by Gasteiger charge is 2.11. The number of carbonyl (C=O) groups excluding carboxylic acids is 1. The van der Waals surface area contributed by atoms with Crippen LogP contribution in [0.4, 0.5) is 4.39 Å². The summed E-state index contributed by atoms with van der Waals surface area (Å²) in [6.07, 6.45) is 3.00. The van der Waals surface area contributed by atoms with Gasteiger partial charge in [0.15, 0.2) is 5.78 Å². The summed E-state index contributed by atoms with van der Waals surface area (Å²) in [6.45, 7) is 0. The van der Waals surface area contributed by atoms with Gasteiger partial charge in [0.05, 0.1) is 0 Å². The lowest BCUT2D eigenvalue weighted by Gasteiger charge is -2.04. The molecule has 1 aromatic heterocycles. The Morgan fingerprint density at radius 2 is 2.11 bits per heavy atom. The molecule has 0 fully saturated rings. The van der Waals surface area contributed by atoms with Crippen LogP contribution < -0.4 is 0 Å². The first-order chi connectivity index (χ1) is 8.56. The van der Waals surface area contributed by atoms with Gasteiger partial charge in [-0.1, -0.05) is 11.6 Å². The number of pyridine rings is 1. The molecule has 0 aliphatic carbocycles. The Labute approximate surface area is 117 Å². The topological polar surface area (TPSA) is 30.0 Å². The lowest BCUT2D eigenvalue weighted by atomic mass is 10.0. The van der Waals surface area contributed by atoms with E-state index in [0.29, 0.717) is 15.1 Å². The minimum atomic E-state index is -0.435. The molecule has 0 unspecified atom stereocenters. The van der Waals surface area contributed by atoms with Crippen molar-refractivity contribution in [2.75, 3.05) is 0 Å². The van der Waals surface area contributed by atoms with Gasteiger partial charge in [-0.05, 0) is 45.8 Å². The molecule has 5 heteroatoms. The van der Waals surface area contributed by atoms with E-state index in [0.717, 1.165) is 0 Å². The fourth-order valence-corrected chi connectivity index (χ4v) is 2.08. The molecule has 2 rings (SSSR count). The highest BCUT2D eigenvalue weighted by Crippen LogP contribution is 2.18. The molecule has 0 aliphatic heterocycles. The number of carbonyl (C=O) groups is 1. The van der Waals surface area contributed by atoms with Crippen LogP contribution in [0.2, 0.25) is 5.02 Å². The Morgan fingerprint density at radius 3 is 2.83 bits per heavy atom. The number of hydrogen-bond acceptors (Lipinski definition) is 2. The largest absolute Gasteiger partial charge is 0.294 e. The molecule has 0 saturated carbocycles. The van der Waals surface area contributed by atoms with E-state index < -0.39 is 5.82 Å². The molecular formula is C13H8BrClFNO. The maximum Gasteiger partial charge on any atom is 0.168 e. The monoisotopic (exact) mass is 327 g/mol. The fraction of sp³-hybridized carbons (Fsp3) is 0.0769.